The lowest BCUT2D eigenvalue weighted by atomic mass is 10.00. The monoisotopic (exact) mass is 290 g/mol. The molecule has 0 radical (unpaired) electrons. The summed E-state index contributed by atoms with van der Waals surface area (Å²) in [5.41, 5.74) is 3.61. The van der Waals surface area contributed by atoms with Gasteiger partial charge in [0.1, 0.15) is 6.54 Å². The summed E-state index contributed by atoms with van der Waals surface area (Å²) in [6, 6.07) is 21.0. The Balaban J connectivity index is 1.71. The van der Waals surface area contributed by atoms with Crippen LogP contribution in [-0.4, -0.2) is 23.4 Å². The molecular weight excluding hydrogens is 272 g/mol. The van der Waals surface area contributed by atoms with Crippen molar-refractivity contribution >= 4 is 5.91 Å². The molecule has 1 atom stereocenters. The number of carbonyl (C=O) groups excluding carboxylic acids is 1. The maximum absolute atomic E-state index is 11.8. The van der Waals surface area contributed by atoms with Crippen molar-refractivity contribution in [1.82, 2.24) is 4.90 Å². The van der Waals surface area contributed by atoms with Crippen LogP contribution in [0, 0.1) is 11.3 Å². The Morgan fingerprint density at radius 1 is 1.05 bits per heavy atom. The molecule has 1 amide bonds. The Labute approximate surface area is 130 Å². The van der Waals surface area contributed by atoms with Gasteiger partial charge in [0.2, 0.25) is 5.91 Å². The number of carbonyl (C=O) groups is 1. The van der Waals surface area contributed by atoms with Crippen LogP contribution in [0.2, 0.25) is 0 Å². The van der Waals surface area contributed by atoms with E-state index in [1.807, 2.05) is 18.2 Å². The van der Waals surface area contributed by atoms with Crippen LogP contribution in [0.4, 0.5) is 0 Å². The topological polar surface area (TPSA) is 44.1 Å². The minimum absolute atomic E-state index is 0.104. The van der Waals surface area contributed by atoms with E-state index in [0.29, 0.717) is 6.42 Å². The number of benzene rings is 2. The van der Waals surface area contributed by atoms with Gasteiger partial charge in [-0.2, -0.15) is 5.26 Å². The number of hydrogen-bond donors (Lipinski definition) is 0. The van der Waals surface area contributed by atoms with Gasteiger partial charge in [0.15, 0.2) is 0 Å². The molecule has 0 aliphatic carbocycles. The molecule has 1 heterocycles. The second-order valence-corrected chi connectivity index (χ2v) is 5.64. The van der Waals surface area contributed by atoms with Crippen LogP contribution < -0.4 is 0 Å². The molecule has 0 N–H and O–H groups in total. The van der Waals surface area contributed by atoms with E-state index in [9.17, 15) is 4.79 Å². The van der Waals surface area contributed by atoms with E-state index >= 15 is 0 Å². The van der Waals surface area contributed by atoms with Gasteiger partial charge in [-0.1, -0.05) is 54.6 Å². The van der Waals surface area contributed by atoms with Crippen molar-refractivity contribution in [3.05, 3.63) is 60.2 Å². The van der Waals surface area contributed by atoms with E-state index in [1.165, 1.54) is 16.7 Å². The van der Waals surface area contributed by atoms with Crippen LogP contribution in [0.3, 0.4) is 0 Å². The third-order valence-corrected chi connectivity index (χ3v) is 4.23. The summed E-state index contributed by atoms with van der Waals surface area (Å²) in [5.74, 6) is 0.104. The first-order chi connectivity index (χ1) is 10.8. The highest BCUT2D eigenvalue weighted by Crippen LogP contribution is 2.24. The molecule has 0 saturated carbocycles. The zero-order valence-corrected chi connectivity index (χ0v) is 12.4. The number of hydrogen-bond acceptors (Lipinski definition) is 2. The molecule has 3 heteroatoms. The minimum atomic E-state index is 0.104. The second kappa shape index (κ2) is 6.44. The van der Waals surface area contributed by atoms with Gasteiger partial charge < -0.3 is 4.90 Å². The summed E-state index contributed by atoms with van der Waals surface area (Å²) >= 11 is 0. The molecule has 0 unspecified atom stereocenters. The van der Waals surface area contributed by atoms with E-state index < -0.39 is 0 Å². The van der Waals surface area contributed by atoms with Crippen molar-refractivity contribution in [2.75, 3.05) is 6.54 Å². The lowest BCUT2D eigenvalue weighted by Crippen LogP contribution is -2.34. The number of nitriles is 1. The van der Waals surface area contributed by atoms with E-state index in [2.05, 4.69) is 42.5 Å². The molecule has 1 saturated heterocycles. The van der Waals surface area contributed by atoms with Gasteiger partial charge in [0.05, 0.1) is 6.07 Å². The maximum atomic E-state index is 11.8. The standard InChI is InChI=1S/C19H18N2O/c20-12-13-21-18(10-11-19(21)22)14-15-6-8-17(9-7-15)16-4-2-1-3-5-16/h1-9,18H,10-11,13-14H2/t18-/m0/s1. The van der Waals surface area contributed by atoms with Gasteiger partial charge in [-0.3, -0.25) is 4.79 Å². The Hall–Kier alpha value is -2.60. The second-order valence-electron chi connectivity index (χ2n) is 5.64. The van der Waals surface area contributed by atoms with Crippen molar-refractivity contribution in [3.63, 3.8) is 0 Å². The Morgan fingerprint density at radius 3 is 2.41 bits per heavy atom. The SMILES string of the molecule is N#CCN1C(=O)CC[C@H]1Cc1ccc(-c2ccccc2)cc1. The van der Waals surface area contributed by atoms with Crippen molar-refractivity contribution in [1.29, 1.82) is 5.26 Å². The quantitative estimate of drug-likeness (QED) is 0.810. The number of amides is 1. The largest absolute Gasteiger partial charge is 0.326 e. The highest BCUT2D eigenvalue weighted by molar-refractivity contribution is 5.79. The van der Waals surface area contributed by atoms with Gasteiger partial charge >= 0.3 is 0 Å². The average molecular weight is 290 g/mol. The lowest BCUT2D eigenvalue weighted by molar-refractivity contribution is -0.128. The molecule has 2 aromatic rings. The molecule has 2 aromatic carbocycles. The Kier molecular flexibility index (Phi) is 4.20. The predicted molar refractivity (Wildman–Crippen MR) is 85.9 cm³/mol. The van der Waals surface area contributed by atoms with E-state index in [1.54, 1.807) is 4.90 Å². The Bertz CT molecular complexity index is 686. The van der Waals surface area contributed by atoms with E-state index in [0.717, 1.165) is 12.8 Å². The zero-order chi connectivity index (χ0) is 15.4. The first-order valence-corrected chi connectivity index (χ1v) is 7.58. The molecule has 3 nitrogen and oxygen atoms in total. The third-order valence-electron chi connectivity index (χ3n) is 4.23. The van der Waals surface area contributed by atoms with Crippen molar-refractivity contribution in [2.24, 2.45) is 0 Å². The summed E-state index contributed by atoms with van der Waals surface area (Å²) in [7, 11) is 0. The van der Waals surface area contributed by atoms with E-state index in [4.69, 9.17) is 5.26 Å². The molecule has 3 rings (SSSR count). The van der Waals surface area contributed by atoms with Crippen molar-refractivity contribution < 1.29 is 4.79 Å². The van der Waals surface area contributed by atoms with Gasteiger partial charge in [-0.05, 0) is 29.5 Å². The summed E-state index contributed by atoms with van der Waals surface area (Å²) in [6.07, 6.45) is 2.23. The predicted octanol–water partition coefficient (Wildman–Crippen LogP) is 3.41. The highest BCUT2D eigenvalue weighted by Gasteiger charge is 2.30. The van der Waals surface area contributed by atoms with Gasteiger partial charge in [0, 0.05) is 12.5 Å². The van der Waals surface area contributed by atoms with Crippen LogP contribution in [0.5, 0.6) is 0 Å². The summed E-state index contributed by atoms with van der Waals surface area (Å²) < 4.78 is 0. The number of likely N-dealkylation sites (tertiary alicyclic amines) is 1. The minimum Gasteiger partial charge on any atom is -0.326 e. The molecule has 22 heavy (non-hydrogen) atoms. The molecule has 0 spiro atoms. The smallest absolute Gasteiger partial charge is 0.223 e. The van der Waals surface area contributed by atoms with Crippen LogP contribution in [0.1, 0.15) is 18.4 Å². The highest BCUT2D eigenvalue weighted by atomic mass is 16.2. The molecule has 0 aromatic heterocycles. The normalized spacial score (nSPS) is 17.5. The van der Waals surface area contributed by atoms with Gasteiger partial charge in [-0.15, -0.1) is 0 Å². The molecule has 0 bridgehead atoms. The van der Waals surface area contributed by atoms with Gasteiger partial charge in [0.25, 0.3) is 0 Å². The number of nitrogens with zero attached hydrogens (tertiary/aromatic N) is 2. The fourth-order valence-corrected chi connectivity index (χ4v) is 3.03. The first-order valence-electron chi connectivity index (χ1n) is 7.58. The summed E-state index contributed by atoms with van der Waals surface area (Å²) in [5, 5.41) is 8.85. The molecule has 1 aliphatic rings. The molecule has 110 valence electrons. The molecule has 1 aliphatic heterocycles. The average Bonchev–Trinajstić information content (AvgIpc) is 2.90. The van der Waals surface area contributed by atoms with Crippen LogP contribution in [-0.2, 0) is 11.2 Å². The van der Waals surface area contributed by atoms with Crippen molar-refractivity contribution in [2.45, 2.75) is 25.3 Å². The summed E-state index contributed by atoms with van der Waals surface area (Å²) in [6.45, 7) is 0.200. The van der Waals surface area contributed by atoms with Crippen LogP contribution in [0.15, 0.2) is 54.6 Å². The maximum Gasteiger partial charge on any atom is 0.223 e. The van der Waals surface area contributed by atoms with Crippen LogP contribution >= 0.6 is 0 Å². The lowest BCUT2D eigenvalue weighted by Gasteiger charge is -2.22. The van der Waals surface area contributed by atoms with E-state index in [-0.39, 0.29) is 18.5 Å². The fourth-order valence-electron chi connectivity index (χ4n) is 3.03. The van der Waals surface area contributed by atoms with Gasteiger partial charge in [-0.25, -0.2) is 0 Å². The number of rotatable bonds is 4. The molecular formula is C19H18N2O. The van der Waals surface area contributed by atoms with Crippen molar-refractivity contribution in [3.8, 4) is 17.2 Å². The first kappa shape index (κ1) is 14.3. The fraction of sp³-hybridized carbons (Fsp3) is 0.263. The zero-order valence-electron chi connectivity index (χ0n) is 12.4. The third kappa shape index (κ3) is 3.01. The Morgan fingerprint density at radius 2 is 1.73 bits per heavy atom. The van der Waals surface area contributed by atoms with Crippen LogP contribution in [0.25, 0.3) is 11.1 Å². The molecule has 1 fully saturated rings. The summed E-state index contributed by atoms with van der Waals surface area (Å²) in [4.78, 5) is 13.5.